The van der Waals surface area contributed by atoms with Crippen molar-refractivity contribution in [2.24, 2.45) is 0 Å². The van der Waals surface area contributed by atoms with Crippen molar-refractivity contribution in [2.75, 3.05) is 12.3 Å². The standard InChI is InChI=1S/C12H15N5O5/c1-2-21-12(20)8-6(18)7(19)11(22-8)17-4-16-5-9(13)14-3-15-10(5)17/h3-4,6-8,11,18-19H,2H2,1H3,(H2,13,14,15). The van der Waals surface area contributed by atoms with Crippen LogP contribution in [0.5, 0.6) is 0 Å². The van der Waals surface area contributed by atoms with Crippen molar-refractivity contribution in [1.82, 2.24) is 19.5 Å². The Hall–Kier alpha value is -2.30. The monoisotopic (exact) mass is 309 g/mol. The predicted molar refractivity (Wildman–Crippen MR) is 72.3 cm³/mol. The van der Waals surface area contributed by atoms with Gasteiger partial charge < -0.3 is 25.4 Å². The fraction of sp³-hybridized carbons (Fsp3) is 0.500. The average Bonchev–Trinajstić information content (AvgIpc) is 3.03. The number of rotatable bonds is 3. The Labute approximate surface area is 124 Å². The van der Waals surface area contributed by atoms with Crippen LogP contribution in [0, 0.1) is 0 Å². The number of aliphatic hydroxyl groups is 2. The van der Waals surface area contributed by atoms with Crippen LogP contribution in [0.25, 0.3) is 11.2 Å². The highest BCUT2D eigenvalue weighted by molar-refractivity contribution is 5.81. The number of esters is 1. The summed E-state index contributed by atoms with van der Waals surface area (Å²) in [5, 5.41) is 20.1. The lowest BCUT2D eigenvalue weighted by molar-refractivity contribution is -0.161. The van der Waals surface area contributed by atoms with Crippen molar-refractivity contribution in [3.8, 4) is 0 Å². The third-order valence-electron chi connectivity index (χ3n) is 3.42. The number of carbonyl (C=O) groups is 1. The molecule has 118 valence electrons. The Kier molecular flexibility index (Phi) is 3.64. The lowest BCUT2D eigenvalue weighted by Crippen LogP contribution is -2.37. The van der Waals surface area contributed by atoms with Gasteiger partial charge in [-0.1, -0.05) is 0 Å². The van der Waals surface area contributed by atoms with Crippen molar-refractivity contribution in [3.63, 3.8) is 0 Å². The molecule has 0 radical (unpaired) electrons. The number of imidazole rings is 1. The summed E-state index contributed by atoms with van der Waals surface area (Å²) >= 11 is 0. The van der Waals surface area contributed by atoms with E-state index in [0.29, 0.717) is 11.2 Å². The zero-order valence-electron chi connectivity index (χ0n) is 11.7. The zero-order valence-corrected chi connectivity index (χ0v) is 11.7. The molecular formula is C12H15N5O5. The smallest absolute Gasteiger partial charge is 0.338 e. The Balaban J connectivity index is 1.94. The predicted octanol–water partition coefficient (Wildman–Crippen LogP) is -1.41. The highest BCUT2D eigenvalue weighted by Gasteiger charge is 2.48. The quantitative estimate of drug-likeness (QED) is 0.582. The van der Waals surface area contributed by atoms with E-state index in [1.54, 1.807) is 6.92 Å². The normalized spacial score (nSPS) is 28.1. The summed E-state index contributed by atoms with van der Waals surface area (Å²) in [5.74, 6) is -0.561. The fourth-order valence-electron chi connectivity index (χ4n) is 2.36. The molecule has 0 spiro atoms. The van der Waals surface area contributed by atoms with Gasteiger partial charge in [-0.05, 0) is 6.92 Å². The van der Waals surface area contributed by atoms with Gasteiger partial charge >= 0.3 is 5.97 Å². The van der Waals surface area contributed by atoms with Crippen LogP contribution >= 0.6 is 0 Å². The van der Waals surface area contributed by atoms with Gasteiger partial charge in [0.25, 0.3) is 0 Å². The number of hydrogen-bond acceptors (Lipinski definition) is 9. The molecule has 0 saturated carbocycles. The van der Waals surface area contributed by atoms with E-state index >= 15 is 0 Å². The molecule has 1 aliphatic rings. The van der Waals surface area contributed by atoms with Crippen LogP contribution in [0.1, 0.15) is 13.2 Å². The highest BCUT2D eigenvalue weighted by Crippen LogP contribution is 2.32. The second-order valence-corrected chi connectivity index (χ2v) is 4.76. The van der Waals surface area contributed by atoms with E-state index in [2.05, 4.69) is 15.0 Å². The summed E-state index contributed by atoms with van der Waals surface area (Å²) in [6.07, 6.45) is -2.48. The van der Waals surface area contributed by atoms with Crippen LogP contribution in [-0.4, -0.2) is 60.6 Å². The molecule has 1 fully saturated rings. The maximum atomic E-state index is 11.7. The van der Waals surface area contributed by atoms with Gasteiger partial charge in [-0.25, -0.2) is 19.7 Å². The lowest BCUT2D eigenvalue weighted by atomic mass is 10.1. The summed E-state index contributed by atoms with van der Waals surface area (Å²) in [5.41, 5.74) is 6.36. The first-order chi connectivity index (χ1) is 10.5. The number of aliphatic hydroxyl groups excluding tert-OH is 2. The number of carbonyl (C=O) groups excluding carboxylic acids is 1. The largest absolute Gasteiger partial charge is 0.464 e. The minimum Gasteiger partial charge on any atom is -0.464 e. The zero-order chi connectivity index (χ0) is 15.9. The summed E-state index contributed by atoms with van der Waals surface area (Å²) in [6, 6.07) is 0. The number of hydrogen-bond donors (Lipinski definition) is 3. The minimum atomic E-state index is -1.42. The van der Waals surface area contributed by atoms with Crippen molar-refractivity contribution in [1.29, 1.82) is 0 Å². The van der Waals surface area contributed by atoms with Crippen molar-refractivity contribution in [3.05, 3.63) is 12.7 Å². The first kappa shape index (κ1) is 14.6. The summed E-state index contributed by atoms with van der Waals surface area (Å²) in [4.78, 5) is 23.6. The van der Waals surface area contributed by atoms with E-state index in [1.807, 2.05) is 0 Å². The molecule has 1 aliphatic heterocycles. The van der Waals surface area contributed by atoms with Gasteiger partial charge in [0.2, 0.25) is 0 Å². The summed E-state index contributed by atoms with van der Waals surface area (Å²) in [6.45, 7) is 1.78. The van der Waals surface area contributed by atoms with Crippen LogP contribution in [0.15, 0.2) is 12.7 Å². The Morgan fingerprint density at radius 1 is 1.41 bits per heavy atom. The molecule has 4 atom stereocenters. The van der Waals surface area contributed by atoms with E-state index in [0.717, 1.165) is 0 Å². The van der Waals surface area contributed by atoms with Gasteiger partial charge in [0.05, 0.1) is 12.9 Å². The third kappa shape index (κ3) is 2.17. The highest BCUT2D eigenvalue weighted by atomic mass is 16.6. The van der Waals surface area contributed by atoms with E-state index in [4.69, 9.17) is 15.2 Å². The molecule has 2 aromatic rings. The van der Waals surface area contributed by atoms with Crippen molar-refractivity contribution < 1.29 is 24.5 Å². The first-order valence-electron chi connectivity index (χ1n) is 6.65. The number of nitrogens with zero attached hydrogens (tertiary/aromatic N) is 4. The van der Waals surface area contributed by atoms with Crippen LogP contribution in [0.2, 0.25) is 0 Å². The number of fused-ring (bicyclic) bond motifs is 1. The second-order valence-electron chi connectivity index (χ2n) is 4.76. The second kappa shape index (κ2) is 5.48. The van der Waals surface area contributed by atoms with Crippen molar-refractivity contribution >= 4 is 23.0 Å². The molecule has 0 amide bonds. The van der Waals surface area contributed by atoms with E-state index in [-0.39, 0.29) is 12.4 Å². The van der Waals surface area contributed by atoms with Crippen LogP contribution in [0.4, 0.5) is 5.82 Å². The van der Waals surface area contributed by atoms with Gasteiger partial charge in [-0.15, -0.1) is 0 Å². The number of nitrogen functional groups attached to an aromatic ring is 1. The van der Waals surface area contributed by atoms with Gasteiger partial charge in [0.15, 0.2) is 23.8 Å². The summed E-state index contributed by atoms with van der Waals surface area (Å²) < 4.78 is 11.6. The maximum absolute atomic E-state index is 11.7. The lowest BCUT2D eigenvalue weighted by Gasteiger charge is -2.16. The molecule has 1 saturated heterocycles. The fourth-order valence-corrected chi connectivity index (χ4v) is 2.36. The van der Waals surface area contributed by atoms with Gasteiger partial charge in [-0.3, -0.25) is 4.57 Å². The third-order valence-corrected chi connectivity index (χ3v) is 3.42. The minimum absolute atomic E-state index is 0.143. The molecule has 0 bridgehead atoms. The van der Waals surface area contributed by atoms with E-state index in [9.17, 15) is 15.0 Å². The topological polar surface area (TPSA) is 146 Å². The van der Waals surface area contributed by atoms with Crippen molar-refractivity contribution in [2.45, 2.75) is 31.5 Å². The number of anilines is 1. The van der Waals surface area contributed by atoms with Gasteiger partial charge in [0, 0.05) is 0 Å². The molecule has 4 unspecified atom stereocenters. The SMILES string of the molecule is CCOC(=O)C1OC(n2cnc3c(N)ncnc32)C(O)C1O. The van der Waals surface area contributed by atoms with Crippen LogP contribution in [-0.2, 0) is 14.3 Å². The van der Waals surface area contributed by atoms with E-state index < -0.39 is 30.5 Å². The Bertz CT molecular complexity index is 704. The maximum Gasteiger partial charge on any atom is 0.338 e. The molecule has 3 rings (SSSR count). The number of nitrogens with two attached hydrogens (primary N) is 1. The molecule has 3 heterocycles. The van der Waals surface area contributed by atoms with Gasteiger partial charge in [0.1, 0.15) is 24.1 Å². The molecule has 0 aromatic carbocycles. The Morgan fingerprint density at radius 3 is 2.91 bits per heavy atom. The first-order valence-corrected chi connectivity index (χ1v) is 6.65. The molecule has 2 aromatic heterocycles. The molecule has 10 heteroatoms. The Morgan fingerprint density at radius 2 is 2.18 bits per heavy atom. The molecule has 22 heavy (non-hydrogen) atoms. The van der Waals surface area contributed by atoms with Crippen LogP contribution < -0.4 is 5.73 Å². The average molecular weight is 309 g/mol. The molecule has 0 aliphatic carbocycles. The molecular weight excluding hydrogens is 294 g/mol. The van der Waals surface area contributed by atoms with Gasteiger partial charge in [-0.2, -0.15) is 0 Å². The molecule has 10 nitrogen and oxygen atoms in total. The van der Waals surface area contributed by atoms with Crippen LogP contribution in [0.3, 0.4) is 0 Å². The summed E-state index contributed by atoms with van der Waals surface area (Å²) in [7, 11) is 0. The molecule has 4 N–H and O–H groups in total. The number of ether oxygens (including phenoxy) is 2. The number of aromatic nitrogens is 4. The van der Waals surface area contributed by atoms with E-state index in [1.165, 1.54) is 17.2 Å².